The Balaban J connectivity index is 1.34. The number of fused-ring (bicyclic) bond motifs is 1. The van der Waals surface area contributed by atoms with Gasteiger partial charge in [-0.05, 0) is 35.4 Å². The zero-order valence-corrected chi connectivity index (χ0v) is 14.0. The molecule has 5 nitrogen and oxygen atoms in total. The Hall–Kier alpha value is -2.04. The van der Waals surface area contributed by atoms with Crippen LogP contribution in [0.1, 0.15) is 50.5 Å². The maximum atomic E-state index is 12.4. The first-order chi connectivity index (χ1) is 11.7. The van der Waals surface area contributed by atoms with Gasteiger partial charge in [-0.2, -0.15) is 0 Å². The second-order valence-electron chi connectivity index (χ2n) is 7.43. The quantitative estimate of drug-likeness (QED) is 0.849. The first-order valence-electron chi connectivity index (χ1n) is 9.11. The molecule has 2 fully saturated rings. The van der Waals surface area contributed by atoms with E-state index in [0.29, 0.717) is 30.3 Å². The summed E-state index contributed by atoms with van der Waals surface area (Å²) in [6.45, 7) is 0.525. The fourth-order valence-electron chi connectivity index (χ4n) is 4.05. The van der Waals surface area contributed by atoms with Crippen molar-refractivity contribution in [2.45, 2.75) is 51.5 Å². The number of nitrogens with zero attached hydrogens (tertiary/aromatic N) is 1. The molecule has 0 radical (unpaired) electrons. The summed E-state index contributed by atoms with van der Waals surface area (Å²) in [6.07, 6.45) is 8.64. The van der Waals surface area contributed by atoms with Gasteiger partial charge in [0.2, 0.25) is 5.91 Å². The molecule has 0 bridgehead atoms. The van der Waals surface area contributed by atoms with Crippen molar-refractivity contribution >= 4 is 22.7 Å². The predicted octanol–water partition coefficient (Wildman–Crippen LogP) is 3.63. The number of rotatable bonds is 6. The van der Waals surface area contributed by atoms with Crippen LogP contribution in [0.15, 0.2) is 22.7 Å². The SMILES string of the molecule is Nc1noc2cc(CNC(=O)CC(C3CCC3)C3CCC3)ccc12. The summed E-state index contributed by atoms with van der Waals surface area (Å²) in [6, 6.07) is 5.76. The second kappa shape index (κ2) is 6.46. The van der Waals surface area contributed by atoms with Gasteiger partial charge in [-0.25, -0.2) is 0 Å². The first kappa shape index (κ1) is 15.5. The summed E-state index contributed by atoms with van der Waals surface area (Å²) in [5.41, 5.74) is 7.40. The monoisotopic (exact) mass is 327 g/mol. The molecule has 2 aliphatic rings. The van der Waals surface area contributed by atoms with E-state index >= 15 is 0 Å². The Morgan fingerprint density at radius 2 is 1.96 bits per heavy atom. The van der Waals surface area contributed by atoms with Crippen molar-refractivity contribution < 1.29 is 9.32 Å². The molecule has 4 rings (SSSR count). The van der Waals surface area contributed by atoms with E-state index in [4.69, 9.17) is 10.3 Å². The molecular weight excluding hydrogens is 302 g/mol. The molecule has 2 saturated carbocycles. The third-order valence-corrected chi connectivity index (χ3v) is 5.99. The van der Waals surface area contributed by atoms with Gasteiger partial charge in [0.05, 0.1) is 5.39 Å². The van der Waals surface area contributed by atoms with Crippen LogP contribution in [0.25, 0.3) is 11.0 Å². The van der Waals surface area contributed by atoms with Gasteiger partial charge in [0.15, 0.2) is 11.4 Å². The number of nitrogens with two attached hydrogens (primary N) is 1. The lowest BCUT2D eigenvalue weighted by atomic mass is 9.63. The maximum Gasteiger partial charge on any atom is 0.220 e. The fraction of sp³-hybridized carbons (Fsp3) is 0.579. The van der Waals surface area contributed by atoms with Crippen LogP contribution in [0, 0.1) is 17.8 Å². The molecule has 0 spiro atoms. The molecule has 1 heterocycles. The molecule has 0 atom stereocenters. The standard InChI is InChI=1S/C19H25N3O2/c20-19-15-8-7-12(9-17(15)24-22-19)11-21-18(23)10-16(13-3-1-4-13)14-5-2-6-14/h7-9,13-14,16H,1-6,10-11H2,(H2,20,22)(H,21,23). The highest BCUT2D eigenvalue weighted by Crippen LogP contribution is 2.45. The van der Waals surface area contributed by atoms with Crippen molar-refractivity contribution in [3.63, 3.8) is 0 Å². The van der Waals surface area contributed by atoms with E-state index < -0.39 is 0 Å². The van der Waals surface area contributed by atoms with Crippen molar-refractivity contribution in [1.29, 1.82) is 0 Å². The van der Waals surface area contributed by atoms with E-state index in [2.05, 4.69) is 10.5 Å². The molecule has 2 aromatic rings. The minimum absolute atomic E-state index is 0.177. The molecule has 1 aromatic carbocycles. The van der Waals surface area contributed by atoms with Crippen molar-refractivity contribution in [1.82, 2.24) is 10.5 Å². The minimum atomic E-state index is 0.177. The second-order valence-corrected chi connectivity index (χ2v) is 7.43. The van der Waals surface area contributed by atoms with E-state index in [0.717, 1.165) is 22.8 Å². The Morgan fingerprint density at radius 1 is 1.25 bits per heavy atom. The zero-order chi connectivity index (χ0) is 16.5. The molecule has 3 N–H and O–H groups in total. The van der Waals surface area contributed by atoms with E-state index in [1.165, 1.54) is 38.5 Å². The first-order valence-corrected chi connectivity index (χ1v) is 9.11. The van der Waals surface area contributed by atoms with Gasteiger partial charge in [0, 0.05) is 13.0 Å². The molecule has 1 amide bonds. The van der Waals surface area contributed by atoms with E-state index in [1.54, 1.807) is 0 Å². The van der Waals surface area contributed by atoms with Gasteiger partial charge in [-0.3, -0.25) is 4.79 Å². The van der Waals surface area contributed by atoms with Crippen molar-refractivity contribution in [3.05, 3.63) is 23.8 Å². The van der Waals surface area contributed by atoms with Crippen LogP contribution in [-0.2, 0) is 11.3 Å². The number of nitrogens with one attached hydrogen (secondary N) is 1. The number of hydrogen-bond acceptors (Lipinski definition) is 4. The summed E-state index contributed by atoms with van der Waals surface area (Å²) in [7, 11) is 0. The Morgan fingerprint density at radius 3 is 2.58 bits per heavy atom. The van der Waals surface area contributed by atoms with Crippen molar-refractivity contribution in [3.8, 4) is 0 Å². The van der Waals surface area contributed by atoms with Crippen LogP contribution in [0.4, 0.5) is 5.82 Å². The Bertz CT molecular complexity index is 717. The van der Waals surface area contributed by atoms with Gasteiger partial charge in [-0.15, -0.1) is 0 Å². The average Bonchev–Trinajstić information content (AvgIpc) is 2.82. The number of anilines is 1. The lowest BCUT2D eigenvalue weighted by molar-refractivity contribution is -0.124. The highest BCUT2D eigenvalue weighted by atomic mass is 16.5. The summed E-state index contributed by atoms with van der Waals surface area (Å²) >= 11 is 0. The fourth-order valence-corrected chi connectivity index (χ4v) is 4.05. The number of amides is 1. The third-order valence-electron chi connectivity index (χ3n) is 5.99. The molecule has 0 unspecified atom stereocenters. The highest BCUT2D eigenvalue weighted by Gasteiger charge is 2.37. The molecule has 2 aliphatic carbocycles. The van der Waals surface area contributed by atoms with Crippen LogP contribution < -0.4 is 11.1 Å². The molecule has 128 valence electrons. The largest absolute Gasteiger partial charge is 0.380 e. The summed E-state index contributed by atoms with van der Waals surface area (Å²) < 4.78 is 5.18. The number of nitrogen functional groups attached to an aromatic ring is 1. The van der Waals surface area contributed by atoms with Crippen LogP contribution >= 0.6 is 0 Å². The zero-order valence-electron chi connectivity index (χ0n) is 14.0. The number of hydrogen-bond donors (Lipinski definition) is 2. The van der Waals surface area contributed by atoms with Crippen molar-refractivity contribution in [2.75, 3.05) is 5.73 Å². The molecule has 0 saturated heterocycles. The molecular formula is C19H25N3O2. The lowest BCUT2D eigenvalue weighted by Crippen LogP contribution is -2.36. The Kier molecular flexibility index (Phi) is 4.17. The van der Waals surface area contributed by atoms with Gasteiger partial charge < -0.3 is 15.6 Å². The molecule has 0 aliphatic heterocycles. The number of carbonyl (C=O) groups excluding carboxylic acids is 1. The smallest absolute Gasteiger partial charge is 0.220 e. The molecule has 24 heavy (non-hydrogen) atoms. The van der Waals surface area contributed by atoms with Gasteiger partial charge in [0.25, 0.3) is 0 Å². The van der Waals surface area contributed by atoms with Crippen LogP contribution in [0.3, 0.4) is 0 Å². The van der Waals surface area contributed by atoms with Crippen molar-refractivity contribution in [2.24, 2.45) is 17.8 Å². The van der Waals surface area contributed by atoms with Gasteiger partial charge in [-0.1, -0.05) is 49.7 Å². The van der Waals surface area contributed by atoms with Gasteiger partial charge >= 0.3 is 0 Å². The summed E-state index contributed by atoms with van der Waals surface area (Å²) in [5, 5.41) is 7.65. The van der Waals surface area contributed by atoms with Crippen LogP contribution in [-0.4, -0.2) is 11.1 Å². The average molecular weight is 327 g/mol. The third kappa shape index (κ3) is 2.99. The number of benzene rings is 1. The minimum Gasteiger partial charge on any atom is -0.380 e. The predicted molar refractivity (Wildman–Crippen MR) is 93.1 cm³/mol. The maximum absolute atomic E-state index is 12.4. The van der Waals surface area contributed by atoms with Gasteiger partial charge in [0.1, 0.15) is 0 Å². The normalized spacial score (nSPS) is 18.5. The molecule has 5 heteroatoms. The van der Waals surface area contributed by atoms with E-state index in [9.17, 15) is 4.79 Å². The van der Waals surface area contributed by atoms with Crippen LogP contribution in [0.5, 0.6) is 0 Å². The van der Waals surface area contributed by atoms with Crippen LogP contribution in [0.2, 0.25) is 0 Å². The lowest BCUT2D eigenvalue weighted by Gasteiger charge is -2.42. The summed E-state index contributed by atoms with van der Waals surface area (Å²) in [4.78, 5) is 12.4. The van der Waals surface area contributed by atoms with E-state index in [1.807, 2.05) is 18.2 Å². The van der Waals surface area contributed by atoms with E-state index in [-0.39, 0.29) is 5.91 Å². The topological polar surface area (TPSA) is 81.2 Å². The summed E-state index contributed by atoms with van der Waals surface area (Å²) in [5.74, 6) is 2.76. The highest BCUT2D eigenvalue weighted by molar-refractivity contribution is 5.87. The number of aromatic nitrogens is 1. The Labute approximate surface area is 141 Å². The molecule has 1 aromatic heterocycles. The number of carbonyl (C=O) groups is 1.